The van der Waals surface area contributed by atoms with Crippen LogP contribution in [0.2, 0.25) is 0 Å². The number of carbonyl (C=O) groups excluding carboxylic acids is 1. The summed E-state index contributed by atoms with van der Waals surface area (Å²) in [7, 11) is 0. The summed E-state index contributed by atoms with van der Waals surface area (Å²) in [4.78, 5) is 11.8. The molecular formula is C21H25NO4. The monoisotopic (exact) mass is 355 g/mol. The second kappa shape index (κ2) is 7.79. The lowest BCUT2D eigenvalue weighted by atomic mass is 9.79. The summed E-state index contributed by atoms with van der Waals surface area (Å²) in [6, 6.07) is 14.4. The molecule has 5 heteroatoms. The first-order chi connectivity index (χ1) is 12.6. The molecule has 0 aliphatic carbocycles. The number of ether oxygens (including phenoxy) is 2. The second-order valence-electron chi connectivity index (χ2n) is 6.34. The lowest BCUT2D eigenvalue weighted by Crippen LogP contribution is -2.47. The molecule has 26 heavy (non-hydrogen) atoms. The fraction of sp³-hybridized carbons (Fsp3) is 0.381. The molecule has 1 atom stereocenters. The van der Waals surface area contributed by atoms with Gasteiger partial charge in [0, 0.05) is 6.42 Å². The molecule has 0 bridgehead atoms. The van der Waals surface area contributed by atoms with E-state index in [4.69, 9.17) is 9.47 Å². The van der Waals surface area contributed by atoms with Crippen LogP contribution >= 0.6 is 0 Å². The van der Waals surface area contributed by atoms with Crippen molar-refractivity contribution in [3.8, 4) is 11.5 Å². The molecule has 0 saturated carbocycles. The summed E-state index contributed by atoms with van der Waals surface area (Å²) < 4.78 is 11.0. The average Bonchev–Trinajstić information content (AvgIpc) is 3.10. The molecule has 1 heterocycles. The molecule has 2 aromatic carbocycles. The summed E-state index contributed by atoms with van der Waals surface area (Å²) in [6.45, 7) is 5.03. The molecule has 0 radical (unpaired) electrons. The van der Waals surface area contributed by atoms with Crippen LogP contribution in [0.5, 0.6) is 11.5 Å². The van der Waals surface area contributed by atoms with Crippen LogP contribution in [0.15, 0.2) is 48.5 Å². The number of benzene rings is 2. The molecule has 1 aliphatic heterocycles. The fourth-order valence-corrected chi connectivity index (χ4v) is 3.44. The van der Waals surface area contributed by atoms with Crippen LogP contribution < -0.4 is 14.8 Å². The van der Waals surface area contributed by atoms with Crippen LogP contribution in [0.3, 0.4) is 0 Å². The van der Waals surface area contributed by atoms with Gasteiger partial charge in [0.2, 0.25) is 5.91 Å². The first-order valence-corrected chi connectivity index (χ1v) is 9.06. The van der Waals surface area contributed by atoms with E-state index in [0.29, 0.717) is 26.1 Å². The minimum atomic E-state index is -1.32. The highest BCUT2D eigenvalue weighted by molar-refractivity contribution is 5.79. The molecule has 1 amide bonds. The highest BCUT2D eigenvalue weighted by Gasteiger charge is 2.43. The molecule has 2 aromatic rings. The van der Waals surface area contributed by atoms with Crippen molar-refractivity contribution in [1.82, 2.24) is 5.32 Å². The van der Waals surface area contributed by atoms with E-state index in [9.17, 15) is 9.90 Å². The first kappa shape index (κ1) is 18.3. The Morgan fingerprint density at radius 1 is 0.962 bits per heavy atom. The fourth-order valence-electron chi connectivity index (χ4n) is 3.44. The summed E-state index contributed by atoms with van der Waals surface area (Å²) in [5.74, 6) is 1.46. The third-order valence-electron chi connectivity index (χ3n) is 4.71. The van der Waals surface area contributed by atoms with Crippen molar-refractivity contribution >= 4 is 5.91 Å². The maximum Gasteiger partial charge on any atom is 0.220 e. The standard InChI is InChI=1S/C21H25NO4/c1-3-25-17-9-5-15(6-10-17)21(24,19-13-14-20(23)22-19)16-7-11-18(12-8-16)26-4-2/h5-12,19,24H,3-4,13-14H2,1-2H3,(H,22,23)/t19-/m0/s1. The minimum Gasteiger partial charge on any atom is -0.494 e. The van der Waals surface area contributed by atoms with Crippen molar-refractivity contribution in [3.05, 3.63) is 59.7 Å². The minimum absolute atomic E-state index is 0.0368. The lowest BCUT2D eigenvalue weighted by molar-refractivity contribution is -0.120. The zero-order chi connectivity index (χ0) is 18.6. The van der Waals surface area contributed by atoms with Crippen LogP contribution in [0.1, 0.15) is 37.8 Å². The first-order valence-electron chi connectivity index (χ1n) is 9.06. The predicted molar refractivity (Wildman–Crippen MR) is 99.4 cm³/mol. The van der Waals surface area contributed by atoms with Crippen LogP contribution in [0.25, 0.3) is 0 Å². The zero-order valence-electron chi connectivity index (χ0n) is 15.2. The molecular weight excluding hydrogens is 330 g/mol. The van der Waals surface area contributed by atoms with Crippen molar-refractivity contribution in [1.29, 1.82) is 0 Å². The van der Waals surface area contributed by atoms with E-state index in [0.717, 1.165) is 22.6 Å². The van der Waals surface area contributed by atoms with Gasteiger partial charge in [0.15, 0.2) is 0 Å². The molecule has 1 saturated heterocycles. The van der Waals surface area contributed by atoms with Crippen molar-refractivity contribution in [3.63, 3.8) is 0 Å². The van der Waals surface area contributed by atoms with E-state index in [1.54, 1.807) is 0 Å². The number of nitrogens with one attached hydrogen (secondary N) is 1. The molecule has 2 N–H and O–H groups in total. The maximum atomic E-state index is 11.8. The van der Waals surface area contributed by atoms with Crippen LogP contribution in [-0.2, 0) is 10.4 Å². The smallest absolute Gasteiger partial charge is 0.220 e. The summed E-state index contributed by atoms with van der Waals surface area (Å²) in [6.07, 6.45) is 0.997. The lowest BCUT2D eigenvalue weighted by Gasteiger charge is -2.35. The normalized spacial score (nSPS) is 17.0. The number of aliphatic hydroxyl groups is 1. The molecule has 5 nitrogen and oxygen atoms in total. The van der Waals surface area contributed by atoms with Crippen LogP contribution in [-0.4, -0.2) is 30.3 Å². The largest absolute Gasteiger partial charge is 0.494 e. The highest BCUT2D eigenvalue weighted by Crippen LogP contribution is 2.38. The van der Waals surface area contributed by atoms with E-state index in [1.165, 1.54) is 0 Å². The van der Waals surface area contributed by atoms with Crippen LogP contribution in [0, 0.1) is 0 Å². The van der Waals surface area contributed by atoms with Gasteiger partial charge < -0.3 is 19.9 Å². The molecule has 138 valence electrons. The van der Waals surface area contributed by atoms with Gasteiger partial charge in [-0.15, -0.1) is 0 Å². The van der Waals surface area contributed by atoms with Gasteiger partial charge in [-0.25, -0.2) is 0 Å². The Bertz CT molecular complexity index is 690. The Kier molecular flexibility index (Phi) is 5.47. The van der Waals surface area contributed by atoms with Gasteiger partial charge in [-0.1, -0.05) is 24.3 Å². The summed E-state index contributed by atoms with van der Waals surface area (Å²) >= 11 is 0. The van der Waals surface area contributed by atoms with E-state index in [1.807, 2.05) is 62.4 Å². The van der Waals surface area contributed by atoms with Crippen molar-refractivity contribution in [2.45, 2.75) is 38.3 Å². The summed E-state index contributed by atoms with van der Waals surface area (Å²) in [5, 5.41) is 14.6. The SMILES string of the molecule is CCOc1ccc(C(O)(c2ccc(OCC)cc2)[C@@H]2CCC(=O)N2)cc1. The van der Waals surface area contributed by atoms with Crippen molar-refractivity contribution in [2.24, 2.45) is 0 Å². The third kappa shape index (κ3) is 3.53. The van der Waals surface area contributed by atoms with E-state index < -0.39 is 5.60 Å². The second-order valence-corrected chi connectivity index (χ2v) is 6.34. The summed E-state index contributed by atoms with van der Waals surface area (Å²) in [5.41, 5.74) is 0.122. The average molecular weight is 355 g/mol. The van der Waals surface area contributed by atoms with Gasteiger partial charge in [-0.05, 0) is 55.7 Å². The molecule has 3 rings (SSSR count). The molecule has 1 fully saturated rings. The van der Waals surface area contributed by atoms with Crippen molar-refractivity contribution < 1.29 is 19.4 Å². The Balaban J connectivity index is 2.00. The van der Waals surface area contributed by atoms with Crippen molar-refractivity contribution in [2.75, 3.05) is 13.2 Å². The Morgan fingerprint density at radius 2 is 1.42 bits per heavy atom. The zero-order valence-corrected chi connectivity index (χ0v) is 15.2. The Labute approximate surface area is 153 Å². The number of rotatable bonds is 7. The molecule has 0 aromatic heterocycles. The maximum absolute atomic E-state index is 11.8. The van der Waals surface area contributed by atoms with Gasteiger partial charge in [-0.3, -0.25) is 4.79 Å². The quantitative estimate of drug-likeness (QED) is 0.801. The van der Waals surface area contributed by atoms with Gasteiger partial charge in [-0.2, -0.15) is 0 Å². The third-order valence-corrected chi connectivity index (χ3v) is 4.71. The number of carbonyl (C=O) groups is 1. The van der Waals surface area contributed by atoms with E-state index in [-0.39, 0.29) is 11.9 Å². The molecule has 0 unspecified atom stereocenters. The molecule has 0 spiro atoms. The van der Waals surface area contributed by atoms with Crippen LogP contribution in [0.4, 0.5) is 0 Å². The van der Waals surface area contributed by atoms with Gasteiger partial charge >= 0.3 is 0 Å². The highest BCUT2D eigenvalue weighted by atomic mass is 16.5. The van der Waals surface area contributed by atoms with Gasteiger partial charge in [0.1, 0.15) is 17.1 Å². The topological polar surface area (TPSA) is 67.8 Å². The van der Waals surface area contributed by atoms with E-state index >= 15 is 0 Å². The number of hydrogen-bond donors (Lipinski definition) is 2. The number of hydrogen-bond acceptors (Lipinski definition) is 4. The van der Waals surface area contributed by atoms with Gasteiger partial charge in [0.25, 0.3) is 0 Å². The Morgan fingerprint density at radius 3 is 1.77 bits per heavy atom. The van der Waals surface area contributed by atoms with Gasteiger partial charge in [0.05, 0.1) is 19.3 Å². The predicted octanol–water partition coefficient (Wildman–Crippen LogP) is 3.00. The van der Waals surface area contributed by atoms with E-state index in [2.05, 4.69) is 5.32 Å². The Hall–Kier alpha value is -2.53. The molecule has 1 aliphatic rings. The number of amides is 1.